The quantitative estimate of drug-likeness (QED) is 0.560. The van der Waals surface area contributed by atoms with Gasteiger partial charge in [-0.3, -0.25) is 9.71 Å². The average Bonchev–Trinajstić information content (AvgIpc) is 3.03. The SMILES string of the molecule is O=S(=O)(Nc1ccc(Cl)cc1F)c1c[nH]c2c1ccc1cccnc12. The third-order valence-electron chi connectivity index (χ3n) is 3.85. The highest BCUT2D eigenvalue weighted by molar-refractivity contribution is 7.93. The van der Waals surface area contributed by atoms with Crippen molar-refractivity contribution in [1.82, 2.24) is 9.97 Å². The van der Waals surface area contributed by atoms with Crippen LogP contribution in [-0.4, -0.2) is 18.4 Å². The average molecular weight is 376 g/mol. The smallest absolute Gasteiger partial charge is 0.264 e. The van der Waals surface area contributed by atoms with Crippen LogP contribution in [0.1, 0.15) is 0 Å². The van der Waals surface area contributed by atoms with Gasteiger partial charge >= 0.3 is 0 Å². The molecule has 0 unspecified atom stereocenters. The topological polar surface area (TPSA) is 74.8 Å². The summed E-state index contributed by atoms with van der Waals surface area (Å²) in [5.74, 6) is -0.747. The van der Waals surface area contributed by atoms with E-state index in [2.05, 4.69) is 14.7 Å². The fraction of sp³-hybridized carbons (Fsp3) is 0. The van der Waals surface area contributed by atoms with Crippen molar-refractivity contribution in [2.24, 2.45) is 0 Å². The van der Waals surface area contributed by atoms with Crippen LogP contribution in [0.15, 0.2) is 59.8 Å². The van der Waals surface area contributed by atoms with Gasteiger partial charge in [0, 0.05) is 28.2 Å². The van der Waals surface area contributed by atoms with Crippen molar-refractivity contribution in [3.8, 4) is 0 Å². The van der Waals surface area contributed by atoms with Gasteiger partial charge in [-0.2, -0.15) is 0 Å². The van der Waals surface area contributed by atoms with Crippen molar-refractivity contribution in [3.05, 3.63) is 65.7 Å². The van der Waals surface area contributed by atoms with Gasteiger partial charge < -0.3 is 4.98 Å². The van der Waals surface area contributed by atoms with Gasteiger partial charge in [0.2, 0.25) is 0 Å². The minimum atomic E-state index is -3.99. The monoisotopic (exact) mass is 375 g/mol. The molecule has 4 rings (SSSR count). The van der Waals surface area contributed by atoms with E-state index < -0.39 is 15.8 Å². The molecule has 25 heavy (non-hydrogen) atoms. The molecule has 0 atom stereocenters. The molecular weight excluding hydrogens is 365 g/mol. The summed E-state index contributed by atoms with van der Waals surface area (Å²) in [6.07, 6.45) is 3.01. The largest absolute Gasteiger partial charge is 0.358 e. The zero-order chi connectivity index (χ0) is 17.6. The molecule has 0 fully saturated rings. The highest BCUT2D eigenvalue weighted by Crippen LogP contribution is 2.30. The van der Waals surface area contributed by atoms with Gasteiger partial charge in [0.25, 0.3) is 10.0 Å². The number of aromatic nitrogens is 2. The van der Waals surface area contributed by atoms with Crippen LogP contribution < -0.4 is 4.72 Å². The van der Waals surface area contributed by atoms with E-state index >= 15 is 0 Å². The lowest BCUT2D eigenvalue weighted by atomic mass is 10.1. The maximum absolute atomic E-state index is 13.9. The summed E-state index contributed by atoms with van der Waals surface area (Å²) in [4.78, 5) is 7.26. The lowest BCUT2D eigenvalue weighted by molar-refractivity contribution is 0.599. The molecule has 2 N–H and O–H groups in total. The van der Waals surface area contributed by atoms with Crippen molar-refractivity contribution in [3.63, 3.8) is 0 Å². The fourth-order valence-corrected chi connectivity index (χ4v) is 4.10. The first kappa shape index (κ1) is 15.9. The summed E-state index contributed by atoms with van der Waals surface area (Å²) in [7, 11) is -3.99. The van der Waals surface area contributed by atoms with Crippen LogP contribution in [0.3, 0.4) is 0 Å². The van der Waals surface area contributed by atoms with Crippen LogP contribution in [0.2, 0.25) is 5.02 Å². The molecule has 0 saturated carbocycles. The molecule has 126 valence electrons. The van der Waals surface area contributed by atoms with E-state index in [1.165, 1.54) is 18.3 Å². The summed E-state index contributed by atoms with van der Waals surface area (Å²) < 4.78 is 41.6. The number of H-pyrrole nitrogens is 1. The van der Waals surface area contributed by atoms with Gasteiger partial charge in [0.15, 0.2) is 0 Å². The van der Waals surface area contributed by atoms with Crippen LogP contribution in [-0.2, 0) is 10.0 Å². The van der Waals surface area contributed by atoms with E-state index in [-0.39, 0.29) is 15.6 Å². The second-order valence-corrected chi connectivity index (χ2v) is 7.53. The molecule has 0 bridgehead atoms. The van der Waals surface area contributed by atoms with Gasteiger partial charge in [-0.25, -0.2) is 12.8 Å². The van der Waals surface area contributed by atoms with E-state index in [1.807, 2.05) is 6.07 Å². The first-order valence-corrected chi connectivity index (χ1v) is 9.14. The number of sulfonamides is 1. The number of benzene rings is 2. The highest BCUT2D eigenvalue weighted by atomic mass is 35.5. The van der Waals surface area contributed by atoms with E-state index in [4.69, 9.17) is 11.6 Å². The lowest BCUT2D eigenvalue weighted by Crippen LogP contribution is -2.13. The van der Waals surface area contributed by atoms with Crippen molar-refractivity contribution in [1.29, 1.82) is 0 Å². The Hall–Kier alpha value is -2.64. The van der Waals surface area contributed by atoms with Crippen molar-refractivity contribution in [2.45, 2.75) is 4.90 Å². The number of nitrogens with zero attached hydrogens (tertiary/aromatic N) is 1. The molecule has 0 radical (unpaired) electrons. The predicted octanol–water partition coefficient (Wildman–Crippen LogP) is 4.31. The Morgan fingerprint density at radius 1 is 1.16 bits per heavy atom. The first-order chi connectivity index (χ1) is 12.0. The number of aromatic amines is 1. The second-order valence-electron chi connectivity index (χ2n) is 5.45. The number of halogens is 2. The third kappa shape index (κ3) is 2.71. The van der Waals surface area contributed by atoms with Gasteiger partial charge in [-0.1, -0.05) is 29.8 Å². The number of rotatable bonds is 3. The van der Waals surface area contributed by atoms with Gasteiger partial charge in [0.05, 0.1) is 16.7 Å². The Labute approximate surface area is 147 Å². The maximum Gasteiger partial charge on any atom is 0.264 e. The molecule has 0 saturated heterocycles. The van der Waals surface area contributed by atoms with Crippen LogP contribution in [0, 0.1) is 5.82 Å². The number of nitrogens with one attached hydrogen (secondary N) is 2. The van der Waals surface area contributed by atoms with E-state index in [9.17, 15) is 12.8 Å². The number of fused-ring (bicyclic) bond motifs is 3. The maximum atomic E-state index is 13.9. The van der Waals surface area contributed by atoms with E-state index in [0.29, 0.717) is 16.4 Å². The zero-order valence-electron chi connectivity index (χ0n) is 12.6. The van der Waals surface area contributed by atoms with Gasteiger partial charge in [-0.05, 0) is 24.3 Å². The molecule has 0 aliphatic heterocycles. The molecule has 0 spiro atoms. The Kier molecular flexibility index (Phi) is 3.63. The summed E-state index contributed by atoms with van der Waals surface area (Å²) in [6.45, 7) is 0. The Morgan fingerprint density at radius 2 is 2.00 bits per heavy atom. The first-order valence-electron chi connectivity index (χ1n) is 7.28. The Bertz CT molecular complexity index is 1220. The highest BCUT2D eigenvalue weighted by Gasteiger charge is 2.21. The number of pyridine rings is 1. The number of hydrogen-bond donors (Lipinski definition) is 2. The molecule has 8 heteroatoms. The van der Waals surface area contributed by atoms with E-state index in [0.717, 1.165) is 11.5 Å². The summed E-state index contributed by atoms with van der Waals surface area (Å²) >= 11 is 5.69. The van der Waals surface area contributed by atoms with Gasteiger partial charge in [0.1, 0.15) is 10.7 Å². The number of anilines is 1. The van der Waals surface area contributed by atoms with Crippen molar-refractivity contribution < 1.29 is 12.8 Å². The molecule has 2 aromatic carbocycles. The standard InChI is InChI=1S/C17H11ClFN3O2S/c18-11-4-6-14(13(19)8-11)22-25(23,24)15-9-21-17-12(15)5-3-10-2-1-7-20-16(10)17/h1-9,21-22H. The third-order valence-corrected chi connectivity index (χ3v) is 5.49. The van der Waals surface area contributed by atoms with E-state index in [1.54, 1.807) is 24.4 Å². The molecule has 2 heterocycles. The molecular formula is C17H11ClFN3O2S. The van der Waals surface area contributed by atoms with Crippen LogP contribution in [0.25, 0.3) is 21.8 Å². The van der Waals surface area contributed by atoms with Crippen molar-refractivity contribution >= 4 is 49.1 Å². The van der Waals surface area contributed by atoms with Crippen LogP contribution >= 0.6 is 11.6 Å². The Morgan fingerprint density at radius 3 is 2.80 bits per heavy atom. The summed E-state index contributed by atoms with van der Waals surface area (Å²) in [5, 5.41) is 1.55. The number of hydrogen-bond acceptors (Lipinski definition) is 3. The molecule has 4 aromatic rings. The van der Waals surface area contributed by atoms with Crippen molar-refractivity contribution in [2.75, 3.05) is 4.72 Å². The van der Waals surface area contributed by atoms with Crippen LogP contribution in [0.5, 0.6) is 0 Å². The predicted molar refractivity (Wildman–Crippen MR) is 95.8 cm³/mol. The minimum Gasteiger partial charge on any atom is -0.358 e. The second kappa shape index (κ2) is 5.72. The normalized spacial score (nSPS) is 11.9. The molecule has 5 nitrogen and oxygen atoms in total. The zero-order valence-corrected chi connectivity index (χ0v) is 14.2. The molecule has 0 aliphatic rings. The minimum absolute atomic E-state index is 0.0180. The fourth-order valence-electron chi connectivity index (χ4n) is 2.71. The Balaban J connectivity index is 1.84. The molecule has 2 aromatic heterocycles. The lowest BCUT2D eigenvalue weighted by Gasteiger charge is -2.08. The summed E-state index contributed by atoms with van der Waals surface area (Å²) in [6, 6.07) is 10.9. The van der Waals surface area contributed by atoms with Gasteiger partial charge in [-0.15, -0.1) is 0 Å². The summed E-state index contributed by atoms with van der Waals surface area (Å²) in [5.41, 5.74) is 1.10. The van der Waals surface area contributed by atoms with Crippen LogP contribution in [0.4, 0.5) is 10.1 Å². The molecule has 0 amide bonds. The molecule has 0 aliphatic carbocycles.